The number of nitrogens with zero attached hydrogens (tertiary/aromatic N) is 5. The average Bonchev–Trinajstić information content (AvgIpc) is 2.71. The summed E-state index contributed by atoms with van der Waals surface area (Å²) in [5.41, 5.74) is 2.71. The Morgan fingerprint density at radius 2 is 1.93 bits per heavy atom. The maximum atomic E-state index is 12.6. The lowest BCUT2D eigenvalue weighted by molar-refractivity contribution is -0.147. The Morgan fingerprint density at radius 3 is 2.56 bits per heavy atom. The van der Waals surface area contributed by atoms with E-state index in [1.165, 1.54) is 0 Å². The van der Waals surface area contributed by atoms with Crippen LogP contribution in [0.15, 0.2) is 24.5 Å². The number of pyridine rings is 1. The number of ketones is 1. The highest BCUT2D eigenvalue weighted by atomic mass is 16.2. The lowest BCUT2D eigenvalue weighted by Crippen LogP contribution is -2.42. The minimum atomic E-state index is -0.412. The number of Topliss-reactive ketones (excluding diaryl/α,β-unsaturated/α-hetero) is 1. The van der Waals surface area contributed by atoms with E-state index in [0.29, 0.717) is 31.8 Å². The molecule has 0 saturated carbocycles. The van der Waals surface area contributed by atoms with Crippen LogP contribution >= 0.6 is 0 Å². The SMILES string of the molecule is CCC(C)C(=O)C(=O)N1CCc2c(nc(-c3ccncc3)nc2N(C)C)C1. The van der Waals surface area contributed by atoms with Crippen molar-refractivity contribution in [2.45, 2.75) is 33.2 Å². The second-order valence-corrected chi connectivity index (χ2v) is 7.08. The first-order valence-corrected chi connectivity index (χ1v) is 9.23. The van der Waals surface area contributed by atoms with Crippen LogP contribution in [-0.4, -0.2) is 52.2 Å². The molecule has 0 aromatic carbocycles. The third kappa shape index (κ3) is 3.82. The molecule has 1 aliphatic rings. The fourth-order valence-corrected chi connectivity index (χ4v) is 3.14. The van der Waals surface area contributed by atoms with Gasteiger partial charge in [-0.15, -0.1) is 0 Å². The summed E-state index contributed by atoms with van der Waals surface area (Å²) in [5.74, 6) is 0.464. The van der Waals surface area contributed by atoms with Gasteiger partial charge in [0.2, 0.25) is 5.78 Å². The number of hydrogen-bond donors (Lipinski definition) is 0. The van der Waals surface area contributed by atoms with Crippen LogP contribution in [0.5, 0.6) is 0 Å². The second-order valence-electron chi connectivity index (χ2n) is 7.08. The van der Waals surface area contributed by atoms with Crippen LogP contribution in [0.25, 0.3) is 11.4 Å². The highest BCUT2D eigenvalue weighted by Crippen LogP contribution is 2.28. The largest absolute Gasteiger partial charge is 0.362 e. The van der Waals surface area contributed by atoms with Gasteiger partial charge in [-0.2, -0.15) is 0 Å². The van der Waals surface area contributed by atoms with E-state index < -0.39 is 5.91 Å². The van der Waals surface area contributed by atoms with Crippen LogP contribution in [0.1, 0.15) is 31.5 Å². The van der Waals surface area contributed by atoms with Gasteiger partial charge in [0, 0.05) is 50.1 Å². The number of aromatic nitrogens is 3. The molecule has 1 atom stereocenters. The average molecular weight is 367 g/mol. The minimum absolute atomic E-state index is 0.256. The summed E-state index contributed by atoms with van der Waals surface area (Å²) >= 11 is 0. The van der Waals surface area contributed by atoms with E-state index in [0.717, 1.165) is 22.6 Å². The molecule has 1 amide bonds. The molecule has 1 aliphatic heterocycles. The second kappa shape index (κ2) is 7.82. The van der Waals surface area contributed by atoms with Gasteiger partial charge in [0.25, 0.3) is 5.91 Å². The topological polar surface area (TPSA) is 79.3 Å². The van der Waals surface area contributed by atoms with Crippen LogP contribution in [0.2, 0.25) is 0 Å². The Bertz CT molecular complexity index is 851. The van der Waals surface area contributed by atoms with Gasteiger partial charge in [-0.05, 0) is 25.0 Å². The first kappa shape index (κ1) is 18.9. The molecule has 3 rings (SSSR count). The van der Waals surface area contributed by atoms with Crippen molar-refractivity contribution in [2.24, 2.45) is 5.92 Å². The van der Waals surface area contributed by atoms with Crippen LogP contribution in [0, 0.1) is 5.92 Å². The molecule has 27 heavy (non-hydrogen) atoms. The van der Waals surface area contributed by atoms with Crippen molar-refractivity contribution in [3.05, 3.63) is 35.8 Å². The van der Waals surface area contributed by atoms with Crippen molar-refractivity contribution < 1.29 is 9.59 Å². The highest BCUT2D eigenvalue weighted by molar-refractivity contribution is 6.36. The minimum Gasteiger partial charge on any atom is -0.362 e. The quantitative estimate of drug-likeness (QED) is 0.753. The van der Waals surface area contributed by atoms with Gasteiger partial charge < -0.3 is 9.80 Å². The standard InChI is InChI=1S/C20H25N5O2/c1-5-13(2)17(26)20(27)25-11-8-15-16(12-25)22-18(23-19(15)24(3)4)14-6-9-21-10-7-14/h6-7,9-10,13H,5,8,11-12H2,1-4H3. The number of carbonyl (C=O) groups excluding carboxylic acids is 2. The number of hydrogen-bond acceptors (Lipinski definition) is 6. The maximum Gasteiger partial charge on any atom is 0.290 e. The van der Waals surface area contributed by atoms with Crippen molar-refractivity contribution in [1.82, 2.24) is 19.9 Å². The Kier molecular flexibility index (Phi) is 5.48. The van der Waals surface area contributed by atoms with Crippen molar-refractivity contribution in [1.29, 1.82) is 0 Å². The molecule has 2 aromatic rings. The predicted molar refractivity (Wildman–Crippen MR) is 103 cm³/mol. The number of fused-ring (bicyclic) bond motifs is 1. The molecule has 142 valence electrons. The fourth-order valence-electron chi connectivity index (χ4n) is 3.14. The normalized spacial score (nSPS) is 14.4. The van der Waals surface area contributed by atoms with Crippen LogP contribution in [0.4, 0.5) is 5.82 Å². The van der Waals surface area contributed by atoms with E-state index in [-0.39, 0.29) is 11.7 Å². The lowest BCUT2D eigenvalue weighted by Gasteiger charge is -2.30. The van der Waals surface area contributed by atoms with Gasteiger partial charge in [-0.1, -0.05) is 13.8 Å². The molecule has 0 aliphatic carbocycles. The summed E-state index contributed by atoms with van der Waals surface area (Å²) in [7, 11) is 3.89. The molecule has 0 spiro atoms. The Balaban J connectivity index is 1.96. The van der Waals surface area contributed by atoms with Gasteiger partial charge in [-0.3, -0.25) is 14.6 Å². The third-order valence-corrected chi connectivity index (χ3v) is 4.96. The van der Waals surface area contributed by atoms with Gasteiger partial charge in [-0.25, -0.2) is 9.97 Å². The van der Waals surface area contributed by atoms with Crippen molar-refractivity contribution in [2.75, 3.05) is 25.5 Å². The van der Waals surface area contributed by atoms with Crippen molar-refractivity contribution in [3.63, 3.8) is 0 Å². The Labute approximate surface area is 159 Å². The summed E-state index contributed by atoms with van der Waals surface area (Å²) < 4.78 is 0. The zero-order valence-electron chi connectivity index (χ0n) is 16.3. The van der Waals surface area contributed by atoms with Gasteiger partial charge in [0.1, 0.15) is 5.82 Å². The summed E-state index contributed by atoms with van der Waals surface area (Å²) in [5, 5.41) is 0. The molecule has 1 unspecified atom stereocenters. The summed E-state index contributed by atoms with van der Waals surface area (Å²) in [4.78, 5) is 42.0. The lowest BCUT2D eigenvalue weighted by atomic mass is 10.00. The van der Waals surface area contributed by atoms with Crippen LogP contribution in [0.3, 0.4) is 0 Å². The molecule has 0 bridgehead atoms. The third-order valence-electron chi connectivity index (χ3n) is 4.96. The molecule has 0 saturated heterocycles. The van der Waals surface area contributed by atoms with Crippen molar-refractivity contribution >= 4 is 17.5 Å². The van der Waals surface area contributed by atoms with Gasteiger partial charge in [0.15, 0.2) is 5.82 Å². The maximum absolute atomic E-state index is 12.6. The van der Waals surface area contributed by atoms with E-state index in [1.54, 1.807) is 24.2 Å². The molecular formula is C20H25N5O2. The predicted octanol–water partition coefficient (Wildman–Crippen LogP) is 2.10. The summed E-state index contributed by atoms with van der Waals surface area (Å²) in [6, 6.07) is 3.72. The molecule has 2 aromatic heterocycles. The molecule has 0 fully saturated rings. The van der Waals surface area contributed by atoms with Gasteiger partial charge >= 0.3 is 0 Å². The Morgan fingerprint density at radius 1 is 1.22 bits per heavy atom. The van der Waals surface area contributed by atoms with Gasteiger partial charge in [0.05, 0.1) is 12.2 Å². The molecule has 7 heteroatoms. The molecule has 7 nitrogen and oxygen atoms in total. The highest BCUT2D eigenvalue weighted by Gasteiger charge is 2.31. The number of anilines is 1. The fraction of sp³-hybridized carbons (Fsp3) is 0.450. The zero-order chi connectivity index (χ0) is 19.6. The molecule has 0 N–H and O–H groups in total. The first-order valence-electron chi connectivity index (χ1n) is 9.23. The van der Waals surface area contributed by atoms with E-state index in [9.17, 15) is 9.59 Å². The smallest absolute Gasteiger partial charge is 0.290 e. The zero-order valence-corrected chi connectivity index (χ0v) is 16.3. The Hall–Kier alpha value is -2.83. The number of rotatable bonds is 5. The number of amides is 1. The van der Waals surface area contributed by atoms with Crippen LogP contribution < -0.4 is 4.90 Å². The number of carbonyl (C=O) groups is 2. The molecule has 0 radical (unpaired) electrons. The van der Waals surface area contributed by atoms with E-state index in [4.69, 9.17) is 9.97 Å². The molecule has 3 heterocycles. The molecular weight excluding hydrogens is 342 g/mol. The summed E-state index contributed by atoms with van der Waals surface area (Å²) in [6.45, 7) is 4.55. The van der Waals surface area contributed by atoms with E-state index >= 15 is 0 Å². The van der Waals surface area contributed by atoms with E-state index in [2.05, 4.69) is 4.98 Å². The van der Waals surface area contributed by atoms with Crippen molar-refractivity contribution in [3.8, 4) is 11.4 Å². The monoisotopic (exact) mass is 367 g/mol. The summed E-state index contributed by atoms with van der Waals surface area (Å²) in [6.07, 6.45) is 4.70. The van der Waals surface area contributed by atoms with Crippen LogP contribution in [-0.2, 0) is 22.6 Å². The first-order chi connectivity index (χ1) is 12.9. The van der Waals surface area contributed by atoms with E-state index in [1.807, 2.05) is 38.1 Å².